The van der Waals surface area contributed by atoms with Crippen molar-refractivity contribution in [3.05, 3.63) is 24.3 Å². The molecule has 0 bridgehead atoms. The van der Waals surface area contributed by atoms with Gasteiger partial charge in [0.05, 0.1) is 11.0 Å². The molecule has 0 saturated carbocycles. The average molecular weight is 422 g/mol. The van der Waals surface area contributed by atoms with Crippen LogP contribution in [0.3, 0.4) is 0 Å². The SMILES string of the molecule is CCN(CC)S(=O)(=O)c1cccc(-c2nnc(SCCC#N)n2CC(C)C)c1. The van der Waals surface area contributed by atoms with Crippen LogP contribution in [0.1, 0.15) is 34.1 Å². The second-order valence-corrected chi connectivity index (χ2v) is 9.68. The van der Waals surface area contributed by atoms with Crippen molar-refractivity contribution in [1.82, 2.24) is 19.1 Å². The Balaban J connectivity index is 2.46. The molecule has 0 saturated heterocycles. The maximum Gasteiger partial charge on any atom is 0.243 e. The molecular formula is C19H27N5O2S2. The maximum atomic E-state index is 12.9. The summed E-state index contributed by atoms with van der Waals surface area (Å²) in [5.74, 6) is 1.65. The van der Waals surface area contributed by atoms with Crippen molar-refractivity contribution in [2.24, 2.45) is 5.92 Å². The van der Waals surface area contributed by atoms with Crippen molar-refractivity contribution in [1.29, 1.82) is 5.26 Å². The third-order valence-electron chi connectivity index (χ3n) is 4.15. The fourth-order valence-electron chi connectivity index (χ4n) is 2.83. The lowest BCUT2D eigenvalue weighted by molar-refractivity contribution is 0.445. The standard InChI is InChI=1S/C19H27N5O2S2/c1-5-23(6-2)28(25,26)17-10-7-9-16(13-17)18-21-22-19(27-12-8-11-20)24(18)14-15(3)4/h7,9-10,13,15H,5-6,8,12,14H2,1-4H3. The number of hydrogen-bond acceptors (Lipinski definition) is 6. The Kier molecular flexibility index (Phi) is 8.04. The minimum atomic E-state index is -3.54. The lowest BCUT2D eigenvalue weighted by atomic mass is 10.2. The number of benzene rings is 1. The Morgan fingerprint density at radius 1 is 1.25 bits per heavy atom. The molecule has 0 N–H and O–H groups in total. The van der Waals surface area contributed by atoms with Gasteiger partial charge in [0.1, 0.15) is 0 Å². The van der Waals surface area contributed by atoms with Gasteiger partial charge in [-0.1, -0.05) is 51.6 Å². The van der Waals surface area contributed by atoms with E-state index in [2.05, 4.69) is 30.1 Å². The highest BCUT2D eigenvalue weighted by Crippen LogP contribution is 2.28. The fourth-order valence-corrected chi connectivity index (χ4v) is 5.13. The number of aromatic nitrogens is 3. The Morgan fingerprint density at radius 3 is 2.57 bits per heavy atom. The Hall–Kier alpha value is -1.89. The second kappa shape index (κ2) is 10.0. The van der Waals surface area contributed by atoms with Crippen LogP contribution < -0.4 is 0 Å². The van der Waals surface area contributed by atoms with Gasteiger partial charge < -0.3 is 4.57 Å². The fraction of sp³-hybridized carbons (Fsp3) is 0.526. The molecule has 2 aromatic rings. The van der Waals surface area contributed by atoms with Crippen LogP contribution in [0.15, 0.2) is 34.3 Å². The third kappa shape index (κ3) is 5.13. The predicted octanol–water partition coefficient (Wildman–Crippen LogP) is 3.64. The molecule has 1 heterocycles. The summed E-state index contributed by atoms with van der Waals surface area (Å²) in [6, 6.07) is 9.00. The predicted molar refractivity (Wildman–Crippen MR) is 111 cm³/mol. The zero-order valence-electron chi connectivity index (χ0n) is 16.8. The molecule has 0 spiro atoms. The van der Waals surface area contributed by atoms with Crippen LogP contribution in [0.25, 0.3) is 11.4 Å². The highest BCUT2D eigenvalue weighted by atomic mass is 32.2. The van der Waals surface area contributed by atoms with Gasteiger partial charge in [0.15, 0.2) is 11.0 Å². The highest BCUT2D eigenvalue weighted by molar-refractivity contribution is 7.99. The lowest BCUT2D eigenvalue weighted by Crippen LogP contribution is -2.30. The molecule has 0 aliphatic carbocycles. The van der Waals surface area contributed by atoms with Gasteiger partial charge in [-0.05, 0) is 18.1 Å². The summed E-state index contributed by atoms with van der Waals surface area (Å²) < 4.78 is 29.2. The molecule has 0 amide bonds. The van der Waals surface area contributed by atoms with Gasteiger partial charge in [-0.3, -0.25) is 0 Å². The van der Waals surface area contributed by atoms with Crippen LogP contribution in [0.5, 0.6) is 0 Å². The molecule has 9 heteroatoms. The highest BCUT2D eigenvalue weighted by Gasteiger charge is 2.23. The Labute approximate surface area is 171 Å². The molecular weight excluding hydrogens is 394 g/mol. The van der Waals surface area contributed by atoms with Crippen LogP contribution in [-0.4, -0.2) is 46.3 Å². The topological polar surface area (TPSA) is 91.9 Å². The molecule has 0 fully saturated rings. The van der Waals surface area contributed by atoms with Gasteiger partial charge in [-0.25, -0.2) is 8.42 Å². The monoisotopic (exact) mass is 421 g/mol. The van der Waals surface area contributed by atoms with Gasteiger partial charge >= 0.3 is 0 Å². The first-order valence-electron chi connectivity index (χ1n) is 9.38. The van der Waals surface area contributed by atoms with Gasteiger partial charge in [-0.2, -0.15) is 9.57 Å². The van der Waals surface area contributed by atoms with Crippen LogP contribution >= 0.6 is 11.8 Å². The molecule has 28 heavy (non-hydrogen) atoms. The third-order valence-corrected chi connectivity index (χ3v) is 7.16. The minimum absolute atomic E-state index is 0.256. The number of nitrogens with zero attached hydrogens (tertiary/aromatic N) is 5. The number of rotatable bonds is 10. The van der Waals surface area contributed by atoms with Crippen LogP contribution in [0.4, 0.5) is 0 Å². The van der Waals surface area contributed by atoms with Crippen molar-refractivity contribution in [3.8, 4) is 17.5 Å². The molecule has 0 atom stereocenters. The molecule has 0 aliphatic rings. The summed E-state index contributed by atoms with van der Waals surface area (Å²) >= 11 is 1.49. The molecule has 7 nitrogen and oxygen atoms in total. The molecule has 0 aliphatic heterocycles. The number of thioether (sulfide) groups is 1. The van der Waals surface area contributed by atoms with Gasteiger partial charge in [0.2, 0.25) is 10.0 Å². The summed E-state index contributed by atoms with van der Waals surface area (Å²) in [7, 11) is -3.54. The van der Waals surface area contributed by atoms with Gasteiger partial charge in [0, 0.05) is 37.4 Å². The zero-order chi connectivity index (χ0) is 20.7. The summed E-state index contributed by atoms with van der Waals surface area (Å²) in [5, 5.41) is 18.1. The lowest BCUT2D eigenvalue weighted by Gasteiger charge is -2.19. The van der Waals surface area contributed by atoms with E-state index < -0.39 is 10.0 Å². The summed E-state index contributed by atoms with van der Waals surface area (Å²) in [6.45, 7) is 9.43. The quantitative estimate of drug-likeness (QED) is 0.430. The van der Waals surface area contributed by atoms with E-state index in [0.717, 1.165) is 5.16 Å². The van der Waals surface area contributed by atoms with E-state index in [9.17, 15) is 8.42 Å². The van der Waals surface area contributed by atoms with Crippen molar-refractivity contribution in [3.63, 3.8) is 0 Å². The Morgan fingerprint density at radius 2 is 1.96 bits per heavy atom. The van der Waals surface area contributed by atoms with E-state index in [-0.39, 0.29) is 4.90 Å². The number of sulfonamides is 1. The molecule has 2 rings (SSSR count). The van der Waals surface area contributed by atoms with Crippen molar-refractivity contribution >= 4 is 21.8 Å². The first-order valence-corrected chi connectivity index (χ1v) is 11.8. The van der Waals surface area contributed by atoms with E-state index in [4.69, 9.17) is 5.26 Å². The number of nitriles is 1. The summed E-state index contributed by atoms with van der Waals surface area (Å²) in [4.78, 5) is 0.256. The van der Waals surface area contributed by atoms with Crippen LogP contribution in [0, 0.1) is 17.2 Å². The zero-order valence-corrected chi connectivity index (χ0v) is 18.4. The van der Waals surface area contributed by atoms with E-state index in [1.807, 2.05) is 24.5 Å². The average Bonchev–Trinajstić information content (AvgIpc) is 3.05. The van der Waals surface area contributed by atoms with Gasteiger partial charge in [0.25, 0.3) is 0 Å². The summed E-state index contributed by atoms with van der Waals surface area (Å²) in [6.07, 6.45) is 0.437. The molecule has 152 valence electrons. The normalized spacial score (nSPS) is 11.9. The van der Waals surface area contributed by atoms with E-state index in [1.54, 1.807) is 18.2 Å². The largest absolute Gasteiger partial charge is 0.302 e. The molecule has 1 aromatic carbocycles. The van der Waals surface area contributed by atoms with E-state index in [0.29, 0.717) is 49.1 Å². The number of hydrogen-bond donors (Lipinski definition) is 0. The first-order chi connectivity index (χ1) is 13.3. The van der Waals surface area contributed by atoms with E-state index in [1.165, 1.54) is 16.1 Å². The maximum absolute atomic E-state index is 12.9. The van der Waals surface area contributed by atoms with Crippen molar-refractivity contribution in [2.45, 2.75) is 50.7 Å². The van der Waals surface area contributed by atoms with Crippen LogP contribution in [0.2, 0.25) is 0 Å². The van der Waals surface area contributed by atoms with Crippen molar-refractivity contribution < 1.29 is 8.42 Å². The molecule has 0 radical (unpaired) electrons. The van der Waals surface area contributed by atoms with Crippen molar-refractivity contribution in [2.75, 3.05) is 18.8 Å². The minimum Gasteiger partial charge on any atom is -0.302 e. The molecule has 1 aromatic heterocycles. The summed E-state index contributed by atoms with van der Waals surface area (Å²) in [5.41, 5.74) is 0.716. The smallest absolute Gasteiger partial charge is 0.243 e. The Bertz CT molecular complexity index is 928. The molecule has 0 unspecified atom stereocenters. The van der Waals surface area contributed by atoms with Gasteiger partial charge in [-0.15, -0.1) is 10.2 Å². The second-order valence-electron chi connectivity index (χ2n) is 6.68. The van der Waals surface area contributed by atoms with Crippen LogP contribution in [-0.2, 0) is 16.6 Å². The first kappa shape index (κ1) is 22.4. The van der Waals surface area contributed by atoms with E-state index >= 15 is 0 Å².